The molecule has 0 atom stereocenters. The van der Waals surface area contributed by atoms with Crippen LogP contribution in [0.4, 0.5) is 0 Å². The molecule has 6 nitrogen and oxygen atoms in total. The summed E-state index contributed by atoms with van der Waals surface area (Å²) in [4.78, 5) is 24.1. The topological polar surface area (TPSA) is 63.9 Å². The van der Waals surface area contributed by atoms with Crippen molar-refractivity contribution in [2.45, 2.75) is 59.0 Å². The number of amides is 1. The van der Waals surface area contributed by atoms with Crippen LogP contribution < -0.4 is 0 Å². The normalized spacial score (nSPS) is 16.2. The van der Waals surface area contributed by atoms with E-state index in [9.17, 15) is 4.79 Å². The molecule has 25 heavy (non-hydrogen) atoms. The maximum Gasteiger partial charge on any atom is 0.275 e. The van der Waals surface area contributed by atoms with Crippen LogP contribution in [0.5, 0.6) is 0 Å². The molecule has 0 spiro atoms. The van der Waals surface area contributed by atoms with Gasteiger partial charge in [0.15, 0.2) is 5.69 Å². The summed E-state index contributed by atoms with van der Waals surface area (Å²) in [5, 5.41) is 4.55. The Morgan fingerprint density at radius 2 is 2.04 bits per heavy atom. The van der Waals surface area contributed by atoms with E-state index in [1.165, 1.54) is 12.1 Å². The Kier molecular flexibility index (Phi) is 4.06. The van der Waals surface area contributed by atoms with E-state index in [2.05, 4.69) is 28.9 Å². The number of nitrogens with zero attached hydrogens (tertiary/aromatic N) is 5. The highest BCUT2D eigenvalue weighted by Crippen LogP contribution is 2.28. The van der Waals surface area contributed by atoms with Gasteiger partial charge in [-0.25, -0.2) is 9.97 Å². The van der Waals surface area contributed by atoms with Crippen LogP contribution in [0.15, 0.2) is 6.20 Å². The van der Waals surface area contributed by atoms with Gasteiger partial charge in [-0.15, -0.1) is 0 Å². The summed E-state index contributed by atoms with van der Waals surface area (Å²) in [7, 11) is 1.95. The summed E-state index contributed by atoms with van der Waals surface area (Å²) in [5.74, 6) is 1.43. The first-order valence-corrected chi connectivity index (χ1v) is 9.20. The van der Waals surface area contributed by atoms with Gasteiger partial charge in [0.2, 0.25) is 0 Å². The molecular formula is C19H25N5O. The standard InChI is InChI=1S/C19H25N5O/c1-12(2)8-17-20-9-13-10-24(11-15(13)21-17)19(25)18-14-6-4-5-7-16(14)23(3)22-18/h9,12H,4-8,10-11H2,1-3H3. The molecule has 132 valence electrons. The molecule has 4 rings (SSSR count). The van der Waals surface area contributed by atoms with Crippen LogP contribution in [0.3, 0.4) is 0 Å². The second kappa shape index (κ2) is 6.24. The number of carbonyl (C=O) groups is 1. The zero-order chi connectivity index (χ0) is 17.6. The molecule has 1 aliphatic carbocycles. The highest BCUT2D eigenvalue weighted by atomic mass is 16.2. The van der Waals surface area contributed by atoms with Crippen molar-refractivity contribution < 1.29 is 4.79 Å². The predicted octanol–water partition coefficient (Wildman–Crippen LogP) is 2.44. The van der Waals surface area contributed by atoms with E-state index < -0.39 is 0 Å². The average Bonchev–Trinajstić information content (AvgIpc) is 3.15. The molecule has 0 saturated carbocycles. The van der Waals surface area contributed by atoms with Gasteiger partial charge in [-0.3, -0.25) is 9.48 Å². The Morgan fingerprint density at radius 1 is 1.24 bits per heavy atom. The monoisotopic (exact) mass is 339 g/mol. The number of aryl methyl sites for hydroxylation is 1. The highest BCUT2D eigenvalue weighted by Gasteiger charge is 2.31. The summed E-state index contributed by atoms with van der Waals surface area (Å²) in [6, 6.07) is 0. The van der Waals surface area contributed by atoms with E-state index in [-0.39, 0.29) is 5.91 Å². The van der Waals surface area contributed by atoms with Crippen molar-refractivity contribution in [2.24, 2.45) is 13.0 Å². The summed E-state index contributed by atoms with van der Waals surface area (Å²) in [6.45, 7) is 5.47. The lowest BCUT2D eigenvalue weighted by molar-refractivity contribution is 0.0742. The predicted molar refractivity (Wildman–Crippen MR) is 94.0 cm³/mol. The number of hydrogen-bond donors (Lipinski definition) is 0. The molecule has 2 aliphatic rings. The summed E-state index contributed by atoms with van der Waals surface area (Å²) in [5.41, 5.74) is 5.07. The van der Waals surface area contributed by atoms with Gasteiger partial charge >= 0.3 is 0 Å². The van der Waals surface area contributed by atoms with Crippen molar-refractivity contribution >= 4 is 5.91 Å². The number of carbonyl (C=O) groups excluding carboxylic acids is 1. The summed E-state index contributed by atoms with van der Waals surface area (Å²) in [6.07, 6.45) is 7.07. The third-order valence-electron chi connectivity index (χ3n) is 5.15. The average molecular weight is 339 g/mol. The molecule has 2 aromatic rings. The lowest BCUT2D eigenvalue weighted by Crippen LogP contribution is -2.27. The Balaban J connectivity index is 1.56. The highest BCUT2D eigenvalue weighted by molar-refractivity contribution is 5.94. The quantitative estimate of drug-likeness (QED) is 0.861. The van der Waals surface area contributed by atoms with Crippen LogP contribution >= 0.6 is 0 Å². The van der Waals surface area contributed by atoms with E-state index in [1.54, 1.807) is 0 Å². The number of aromatic nitrogens is 4. The summed E-state index contributed by atoms with van der Waals surface area (Å²) >= 11 is 0. The molecule has 3 heterocycles. The fourth-order valence-corrected chi connectivity index (χ4v) is 3.90. The smallest absolute Gasteiger partial charge is 0.275 e. The van der Waals surface area contributed by atoms with Crippen molar-refractivity contribution in [3.05, 3.63) is 40.2 Å². The SMILES string of the molecule is CC(C)Cc1ncc2c(n1)CN(C(=O)c1nn(C)c3c1CCCC3)C2. The van der Waals surface area contributed by atoms with E-state index >= 15 is 0 Å². The zero-order valence-corrected chi connectivity index (χ0v) is 15.2. The van der Waals surface area contributed by atoms with Crippen molar-refractivity contribution in [3.63, 3.8) is 0 Å². The van der Waals surface area contributed by atoms with Crippen LogP contribution in [0.2, 0.25) is 0 Å². The lowest BCUT2D eigenvalue weighted by Gasteiger charge is -2.16. The van der Waals surface area contributed by atoms with Crippen molar-refractivity contribution in [2.75, 3.05) is 0 Å². The van der Waals surface area contributed by atoms with Crippen LogP contribution in [-0.4, -0.2) is 30.6 Å². The van der Waals surface area contributed by atoms with Gasteiger partial charge in [0.25, 0.3) is 5.91 Å². The largest absolute Gasteiger partial charge is 0.327 e. The van der Waals surface area contributed by atoms with Crippen LogP contribution in [0, 0.1) is 5.92 Å². The molecule has 6 heteroatoms. The molecule has 0 aromatic carbocycles. The maximum absolute atomic E-state index is 13.1. The summed E-state index contributed by atoms with van der Waals surface area (Å²) < 4.78 is 1.89. The minimum absolute atomic E-state index is 0.0298. The molecule has 0 bridgehead atoms. The molecule has 0 fully saturated rings. The van der Waals surface area contributed by atoms with E-state index in [0.29, 0.717) is 24.7 Å². The van der Waals surface area contributed by atoms with Crippen molar-refractivity contribution in [1.29, 1.82) is 0 Å². The van der Waals surface area contributed by atoms with Gasteiger partial charge in [0.1, 0.15) is 5.82 Å². The maximum atomic E-state index is 13.1. The van der Waals surface area contributed by atoms with E-state index in [0.717, 1.165) is 48.3 Å². The molecule has 2 aromatic heterocycles. The Labute approximate surface area is 148 Å². The third-order valence-corrected chi connectivity index (χ3v) is 5.15. The minimum atomic E-state index is 0.0298. The minimum Gasteiger partial charge on any atom is -0.327 e. The fraction of sp³-hybridized carbons (Fsp3) is 0.579. The van der Waals surface area contributed by atoms with Gasteiger partial charge in [-0.2, -0.15) is 5.10 Å². The molecule has 1 aliphatic heterocycles. The van der Waals surface area contributed by atoms with Crippen molar-refractivity contribution in [3.8, 4) is 0 Å². The molecule has 0 N–H and O–H groups in total. The van der Waals surface area contributed by atoms with Gasteiger partial charge < -0.3 is 4.90 Å². The van der Waals surface area contributed by atoms with Gasteiger partial charge in [-0.1, -0.05) is 13.8 Å². The number of rotatable bonds is 3. The Bertz CT molecular complexity index is 823. The van der Waals surface area contributed by atoms with Gasteiger partial charge in [-0.05, 0) is 31.6 Å². The molecule has 0 unspecified atom stereocenters. The van der Waals surface area contributed by atoms with Crippen LogP contribution in [-0.2, 0) is 39.4 Å². The van der Waals surface area contributed by atoms with E-state index in [4.69, 9.17) is 0 Å². The van der Waals surface area contributed by atoms with Crippen LogP contribution in [0.1, 0.15) is 65.5 Å². The van der Waals surface area contributed by atoms with Gasteiger partial charge in [0, 0.05) is 43.0 Å². The number of fused-ring (bicyclic) bond motifs is 2. The van der Waals surface area contributed by atoms with Crippen LogP contribution in [0.25, 0.3) is 0 Å². The Hall–Kier alpha value is -2.24. The third kappa shape index (κ3) is 2.94. The van der Waals surface area contributed by atoms with Gasteiger partial charge in [0.05, 0.1) is 12.2 Å². The first kappa shape index (κ1) is 16.2. The first-order chi connectivity index (χ1) is 12.0. The number of hydrogen-bond acceptors (Lipinski definition) is 4. The second-order valence-corrected chi connectivity index (χ2v) is 7.62. The second-order valence-electron chi connectivity index (χ2n) is 7.62. The van der Waals surface area contributed by atoms with E-state index in [1.807, 2.05) is 22.8 Å². The first-order valence-electron chi connectivity index (χ1n) is 9.20. The Morgan fingerprint density at radius 3 is 2.84 bits per heavy atom. The molecular weight excluding hydrogens is 314 g/mol. The molecule has 1 amide bonds. The lowest BCUT2D eigenvalue weighted by atomic mass is 9.95. The molecule has 0 saturated heterocycles. The fourth-order valence-electron chi connectivity index (χ4n) is 3.90. The van der Waals surface area contributed by atoms with Crippen molar-refractivity contribution in [1.82, 2.24) is 24.6 Å². The zero-order valence-electron chi connectivity index (χ0n) is 15.2. The molecule has 0 radical (unpaired) electrons.